The van der Waals surface area contributed by atoms with E-state index in [9.17, 15) is 4.79 Å². The highest BCUT2D eigenvalue weighted by molar-refractivity contribution is 8.18. The Morgan fingerprint density at radius 2 is 1.27 bits per heavy atom. The number of rotatable bonds is 41. The first-order valence-electron chi connectivity index (χ1n) is 34.7. The van der Waals surface area contributed by atoms with Crippen molar-refractivity contribution in [2.45, 2.75) is 290 Å². The molecule has 12 nitrogen and oxygen atoms in total. The minimum absolute atomic E-state index is 0.0000127. The van der Waals surface area contributed by atoms with E-state index in [1.54, 1.807) is 14.2 Å². The van der Waals surface area contributed by atoms with Crippen molar-refractivity contribution in [2.24, 2.45) is 35.5 Å². The molecule has 528 valence electrons. The molecule has 0 saturated carbocycles. The fraction of sp³-hybridized carbons (Fsp3) is 0.822. The highest BCUT2D eigenvalue weighted by atomic mass is 32.2. The second-order valence-corrected chi connectivity index (χ2v) is 56.7. The fourth-order valence-corrected chi connectivity index (χ4v) is 25.6. The van der Waals surface area contributed by atoms with Crippen LogP contribution in [0.15, 0.2) is 59.7 Å². The molecule has 2 aliphatic heterocycles. The lowest BCUT2D eigenvalue weighted by Crippen LogP contribution is -2.57. The van der Waals surface area contributed by atoms with Gasteiger partial charge in [0.25, 0.3) is 0 Å². The topological polar surface area (TPSA) is 119 Å². The maximum atomic E-state index is 13.2. The second kappa shape index (κ2) is 37.9. The summed E-state index contributed by atoms with van der Waals surface area (Å²) in [5.74, 6) is 1.63. The molecule has 0 bridgehead atoms. The SMILES string of the molecule is C/C=C\[C@H](C)/C=C(\C)[C@@H](OCOCC[Si](C)(C)C)[C@H]1COC(C)(C)O[C@H]1[C@H](C)[C@H](CC1([C@@H](C)/C=C(\C)[C@H](O[Si](C(C)C)(C(C)C)C(C)C)[C@@H](C)[C@H](OCc2ccc(OC)cc2)[C@@H](C)[C@H](OC)[C@H](C=O)OCOCC[Si](C)(C)C)SCCCS1)O[Si](C)(C)C(C)(C)C. The van der Waals surface area contributed by atoms with Crippen LogP contribution in [0.2, 0.25) is 86.1 Å². The molecule has 0 aromatic heterocycles. The van der Waals surface area contributed by atoms with Crippen LogP contribution in [0.5, 0.6) is 5.75 Å². The minimum atomic E-state index is -2.59. The molecule has 2 fully saturated rings. The standard InChI is InChI=1S/C73H136O12S2Si4/c1-30-32-54(8)43-55(9)67(81-50-78-38-42-89(25,26)27)63-48-82-72(18,19)83-69(63)58(12)64(84-90(28,29)71(15,16)17)45-73(86-39-31-40-87-73)57(11)44-56(10)66(85-91(51(2)3,52(4)5)53(6)7)59(13)68(79-47-61-33-35-62(75-20)36-34-61)60(14)70(76-21)65(46-74)80-49-77-37-41-88(22,23)24/h30,32-36,43-44,46,51-54,57-60,63-70H,31,37-42,45,47-50H2,1-29H3/b32-30-,55-43+,56-44+/t54-,57-,58+,59+,60+,63+,64-,65-,66-,67+,68-,69-,70-/m0/s1. The van der Waals surface area contributed by atoms with Crippen molar-refractivity contribution in [3.05, 3.63) is 65.3 Å². The molecule has 91 heavy (non-hydrogen) atoms. The molecule has 0 spiro atoms. The first-order valence-corrected chi connectivity index (χ1v) is 49.2. The third kappa shape index (κ3) is 25.7. The predicted molar refractivity (Wildman–Crippen MR) is 398 cm³/mol. The van der Waals surface area contributed by atoms with Gasteiger partial charge in [0.15, 0.2) is 20.4 Å². The number of carbonyl (C=O) groups excluding carboxylic acids is 1. The Labute approximate surface area is 570 Å². The number of aldehydes is 1. The summed E-state index contributed by atoms with van der Waals surface area (Å²) in [6.45, 7) is 64.8. The van der Waals surface area contributed by atoms with E-state index in [2.05, 4.69) is 244 Å². The predicted octanol–water partition coefficient (Wildman–Crippen LogP) is 19.5. The largest absolute Gasteiger partial charge is 0.497 e. The van der Waals surface area contributed by atoms with Crippen LogP contribution in [-0.2, 0) is 58.1 Å². The molecular formula is C73H136O12S2Si4. The molecule has 1 aromatic carbocycles. The van der Waals surface area contributed by atoms with E-state index in [0.29, 0.717) is 43.1 Å². The Morgan fingerprint density at radius 3 is 1.76 bits per heavy atom. The zero-order chi connectivity index (χ0) is 69.1. The zero-order valence-electron chi connectivity index (χ0n) is 63.1. The van der Waals surface area contributed by atoms with Gasteiger partial charge in [-0.25, -0.2) is 0 Å². The van der Waals surface area contributed by atoms with E-state index in [1.165, 1.54) is 5.57 Å². The maximum Gasteiger partial charge on any atom is 0.201 e. The molecular weight excluding hydrogens is 1250 g/mol. The van der Waals surface area contributed by atoms with E-state index in [0.717, 1.165) is 59.6 Å². The number of thioether (sulfide) groups is 2. The van der Waals surface area contributed by atoms with Crippen LogP contribution < -0.4 is 4.74 Å². The fourth-order valence-electron chi connectivity index (χ4n) is 13.5. The third-order valence-electron chi connectivity index (χ3n) is 19.9. The molecule has 2 saturated heterocycles. The van der Waals surface area contributed by atoms with Crippen molar-refractivity contribution in [1.29, 1.82) is 0 Å². The van der Waals surface area contributed by atoms with Gasteiger partial charge in [-0.05, 0) is 146 Å². The molecule has 3 rings (SSSR count). The number of hydrogen-bond donors (Lipinski definition) is 0. The highest BCUT2D eigenvalue weighted by Crippen LogP contribution is 2.55. The highest BCUT2D eigenvalue weighted by Gasteiger charge is 2.53. The molecule has 1 aromatic rings. The van der Waals surface area contributed by atoms with Crippen molar-refractivity contribution in [3.8, 4) is 5.75 Å². The number of allylic oxidation sites excluding steroid dienone is 4. The van der Waals surface area contributed by atoms with E-state index in [4.69, 9.17) is 51.5 Å². The zero-order valence-corrected chi connectivity index (χ0v) is 68.8. The number of ether oxygens (including phenoxy) is 9. The Morgan fingerprint density at radius 1 is 0.725 bits per heavy atom. The van der Waals surface area contributed by atoms with Crippen LogP contribution in [0.1, 0.15) is 150 Å². The maximum absolute atomic E-state index is 13.2. The van der Waals surface area contributed by atoms with E-state index in [-0.39, 0.29) is 82.6 Å². The first kappa shape index (κ1) is 84.3. The molecule has 2 heterocycles. The Kier molecular flexibility index (Phi) is 35.1. The molecule has 0 aliphatic carbocycles. The van der Waals surface area contributed by atoms with Gasteiger partial charge in [0.05, 0.1) is 61.0 Å². The van der Waals surface area contributed by atoms with E-state index in [1.807, 2.05) is 12.1 Å². The Hall–Kier alpha value is -0.922. The summed E-state index contributed by atoms with van der Waals surface area (Å²) in [6.07, 6.45) is 8.99. The average molecular weight is 1380 g/mol. The van der Waals surface area contributed by atoms with Crippen molar-refractivity contribution in [3.63, 3.8) is 0 Å². The van der Waals surface area contributed by atoms with E-state index < -0.39 is 56.9 Å². The number of benzene rings is 1. The van der Waals surface area contributed by atoms with Crippen LogP contribution in [0.4, 0.5) is 0 Å². The van der Waals surface area contributed by atoms with Crippen molar-refractivity contribution >= 4 is 62.6 Å². The van der Waals surface area contributed by atoms with E-state index >= 15 is 0 Å². The quantitative estimate of drug-likeness (QED) is 0.0203. The third-order valence-corrected chi connectivity index (χ3v) is 37.6. The number of hydrogen-bond acceptors (Lipinski definition) is 14. The molecule has 0 unspecified atom stereocenters. The van der Waals surface area contributed by atoms with Gasteiger partial charge in [-0.3, -0.25) is 0 Å². The van der Waals surface area contributed by atoms with Crippen molar-refractivity contribution in [2.75, 3.05) is 59.1 Å². The normalized spacial score (nSPS) is 22.2. The molecule has 0 N–H and O–H groups in total. The smallest absolute Gasteiger partial charge is 0.201 e. The van der Waals surface area contributed by atoms with Gasteiger partial charge in [-0.2, -0.15) is 0 Å². The summed E-state index contributed by atoms with van der Waals surface area (Å²) in [6, 6.07) is 10.1. The van der Waals surface area contributed by atoms with Gasteiger partial charge in [0.2, 0.25) is 8.32 Å². The van der Waals surface area contributed by atoms with Gasteiger partial charge in [-0.15, -0.1) is 23.5 Å². The summed E-state index contributed by atoms with van der Waals surface area (Å²) in [5.41, 5.74) is 4.31. The monoisotopic (exact) mass is 1380 g/mol. The van der Waals surface area contributed by atoms with Crippen LogP contribution in [0.25, 0.3) is 0 Å². The van der Waals surface area contributed by atoms with Crippen LogP contribution in [-0.4, -0.2) is 151 Å². The minimum Gasteiger partial charge on any atom is -0.497 e. The van der Waals surface area contributed by atoms with Gasteiger partial charge in [-0.1, -0.05) is 173 Å². The summed E-state index contributed by atoms with van der Waals surface area (Å²) in [4.78, 5) is 13.2. The van der Waals surface area contributed by atoms with Crippen molar-refractivity contribution < 1.29 is 56.3 Å². The average Bonchev–Trinajstić information content (AvgIpc) is 0.786. The Balaban J connectivity index is 2.37. The summed E-state index contributed by atoms with van der Waals surface area (Å²) in [7, 11) is -4.32. The van der Waals surface area contributed by atoms with Crippen LogP contribution in [0, 0.1) is 35.5 Å². The lowest BCUT2D eigenvalue weighted by molar-refractivity contribution is -0.317. The molecule has 13 atom stereocenters. The molecule has 2 aliphatic rings. The van der Waals surface area contributed by atoms with Crippen molar-refractivity contribution in [1.82, 2.24) is 0 Å². The summed E-state index contributed by atoms with van der Waals surface area (Å²) >= 11 is 4.23. The number of methoxy groups -OCH3 is 2. The number of carbonyl (C=O) groups is 1. The lowest BCUT2D eigenvalue weighted by Gasteiger charge is -2.51. The molecule has 18 heteroatoms. The summed E-state index contributed by atoms with van der Waals surface area (Å²) in [5, 5.41) is -0.0479. The van der Waals surface area contributed by atoms with Gasteiger partial charge >= 0.3 is 0 Å². The van der Waals surface area contributed by atoms with Gasteiger partial charge in [0, 0.05) is 60.1 Å². The first-order chi connectivity index (χ1) is 42.2. The molecule has 0 radical (unpaired) electrons. The van der Waals surface area contributed by atoms with Crippen LogP contribution in [0.3, 0.4) is 0 Å². The van der Waals surface area contributed by atoms with Gasteiger partial charge in [0.1, 0.15) is 25.4 Å². The van der Waals surface area contributed by atoms with Crippen LogP contribution >= 0.6 is 23.5 Å². The summed E-state index contributed by atoms with van der Waals surface area (Å²) < 4.78 is 74.8. The molecule has 0 amide bonds. The Bertz CT molecular complexity index is 2320. The lowest BCUT2D eigenvalue weighted by atomic mass is 9.79. The van der Waals surface area contributed by atoms with Gasteiger partial charge < -0.3 is 56.3 Å². The second-order valence-electron chi connectivity index (χ2n) is 32.2.